The number of nitrogens with one attached hydrogen (secondary N) is 2. The highest BCUT2D eigenvalue weighted by Gasteiger charge is 2.25. The van der Waals surface area contributed by atoms with Crippen molar-refractivity contribution in [1.29, 1.82) is 0 Å². The zero-order valence-electron chi connectivity index (χ0n) is 19.6. The quantitative estimate of drug-likeness (QED) is 0.227. The van der Waals surface area contributed by atoms with Gasteiger partial charge in [0, 0.05) is 33.3 Å². The molecular weight excluding hydrogens is 460 g/mol. The highest BCUT2D eigenvalue weighted by molar-refractivity contribution is 6.21. The van der Waals surface area contributed by atoms with Crippen LogP contribution in [0.1, 0.15) is 54.0 Å². The highest BCUT2D eigenvalue weighted by Crippen LogP contribution is 2.34. The number of aliphatic hydroxyl groups excluding tert-OH is 1. The van der Waals surface area contributed by atoms with Crippen LogP contribution < -0.4 is 10.6 Å². The normalized spacial score (nSPS) is 11.6. The molecule has 182 valence electrons. The van der Waals surface area contributed by atoms with Gasteiger partial charge in [0.25, 0.3) is 5.91 Å². The molecule has 0 aliphatic rings. The Hall–Kier alpha value is -4.69. The number of carbonyl (C=O) groups is 3. The van der Waals surface area contributed by atoms with Crippen molar-refractivity contribution >= 4 is 40.0 Å². The van der Waals surface area contributed by atoms with Gasteiger partial charge in [0.05, 0.1) is 11.1 Å². The fraction of sp³-hybridized carbons (Fsp3) is 0.107. The molecule has 4 aromatic rings. The van der Waals surface area contributed by atoms with E-state index in [0.29, 0.717) is 11.4 Å². The molecule has 5 N–H and O–H groups in total. The van der Waals surface area contributed by atoms with E-state index in [4.69, 9.17) is 0 Å². The zero-order valence-corrected chi connectivity index (χ0v) is 19.6. The fourth-order valence-electron chi connectivity index (χ4n) is 4.19. The van der Waals surface area contributed by atoms with E-state index in [1.807, 2.05) is 26.0 Å². The molecule has 0 aromatic heterocycles. The Morgan fingerprint density at radius 3 is 1.83 bits per heavy atom. The lowest BCUT2D eigenvalue weighted by atomic mass is 9.90. The third kappa shape index (κ3) is 4.89. The van der Waals surface area contributed by atoms with E-state index < -0.39 is 24.1 Å². The van der Waals surface area contributed by atoms with Crippen molar-refractivity contribution in [1.82, 2.24) is 0 Å². The molecule has 0 radical (unpaired) electrons. The van der Waals surface area contributed by atoms with Crippen molar-refractivity contribution in [3.8, 4) is 0 Å². The summed E-state index contributed by atoms with van der Waals surface area (Å²) in [6, 6.07) is 19.4. The maximum Gasteiger partial charge on any atom is 0.336 e. The van der Waals surface area contributed by atoms with Crippen LogP contribution in [0, 0.1) is 13.8 Å². The minimum Gasteiger partial charge on any atom is -0.478 e. The first-order valence-electron chi connectivity index (χ1n) is 11.1. The molecule has 0 fully saturated rings. The summed E-state index contributed by atoms with van der Waals surface area (Å²) >= 11 is 0. The molecule has 0 heterocycles. The summed E-state index contributed by atoms with van der Waals surface area (Å²) in [5, 5.41) is 36.4. The van der Waals surface area contributed by atoms with Gasteiger partial charge < -0.3 is 26.0 Å². The van der Waals surface area contributed by atoms with Gasteiger partial charge in [-0.3, -0.25) is 4.79 Å². The Kier molecular flexibility index (Phi) is 6.71. The van der Waals surface area contributed by atoms with Crippen molar-refractivity contribution in [3.05, 3.63) is 106 Å². The minimum absolute atomic E-state index is 0.0292. The van der Waals surface area contributed by atoms with Gasteiger partial charge >= 0.3 is 11.9 Å². The number of benzene rings is 4. The smallest absolute Gasteiger partial charge is 0.336 e. The zero-order chi connectivity index (χ0) is 26.0. The van der Waals surface area contributed by atoms with E-state index in [1.165, 1.54) is 24.3 Å². The summed E-state index contributed by atoms with van der Waals surface area (Å²) in [6.45, 7) is 3.75. The average Bonchev–Trinajstić information content (AvgIpc) is 2.82. The highest BCUT2D eigenvalue weighted by atomic mass is 16.4. The number of anilines is 2. The van der Waals surface area contributed by atoms with Crippen molar-refractivity contribution in [2.45, 2.75) is 20.1 Å². The van der Waals surface area contributed by atoms with Crippen LogP contribution in [0.15, 0.2) is 72.8 Å². The van der Waals surface area contributed by atoms with Crippen LogP contribution in [0.2, 0.25) is 0 Å². The maximum absolute atomic E-state index is 13.3. The van der Waals surface area contributed by atoms with E-state index in [1.54, 1.807) is 36.4 Å². The largest absolute Gasteiger partial charge is 0.478 e. The topological polar surface area (TPSA) is 136 Å². The number of aryl methyl sites for hydroxylation is 2. The molecule has 8 nitrogen and oxygen atoms in total. The second-order valence-corrected chi connectivity index (χ2v) is 8.46. The summed E-state index contributed by atoms with van der Waals surface area (Å²) in [7, 11) is 0. The summed E-state index contributed by atoms with van der Waals surface area (Å²) in [6.07, 6.45) is -1.38. The van der Waals surface area contributed by atoms with Crippen LogP contribution in [0.3, 0.4) is 0 Å². The number of rotatable bonds is 7. The molecule has 0 saturated carbocycles. The van der Waals surface area contributed by atoms with Crippen molar-refractivity contribution in [2.75, 3.05) is 10.6 Å². The number of aliphatic hydroxyl groups is 1. The fourth-order valence-corrected chi connectivity index (χ4v) is 4.19. The molecule has 0 bridgehead atoms. The molecule has 1 atom stereocenters. The van der Waals surface area contributed by atoms with Gasteiger partial charge in [-0.15, -0.1) is 0 Å². The minimum atomic E-state index is -1.38. The van der Waals surface area contributed by atoms with Crippen LogP contribution in [-0.2, 0) is 0 Å². The molecule has 1 unspecified atom stereocenters. The Morgan fingerprint density at radius 1 is 0.694 bits per heavy atom. The van der Waals surface area contributed by atoms with E-state index in [-0.39, 0.29) is 33.0 Å². The molecule has 4 aromatic carbocycles. The molecule has 4 rings (SSSR count). The van der Waals surface area contributed by atoms with Gasteiger partial charge in [-0.2, -0.15) is 0 Å². The summed E-state index contributed by atoms with van der Waals surface area (Å²) in [4.78, 5) is 37.5. The molecule has 0 aliphatic carbocycles. The second kappa shape index (κ2) is 9.89. The molecular formula is C28H24N2O6. The predicted molar refractivity (Wildman–Crippen MR) is 137 cm³/mol. The molecule has 0 aliphatic heterocycles. The number of carboxylic acid groups (broad SMARTS) is 2. The van der Waals surface area contributed by atoms with Gasteiger partial charge in [0.2, 0.25) is 0 Å². The Morgan fingerprint density at radius 2 is 1.22 bits per heavy atom. The third-order valence-electron chi connectivity index (χ3n) is 5.79. The van der Waals surface area contributed by atoms with E-state index in [9.17, 15) is 29.7 Å². The number of carboxylic acids is 2. The van der Waals surface area contributed by atoms with Gasteiger partial charge in [-0.1, -0.05) is 30.3 Å². The number of carbonyl (C=O) groups excluding carboxylic acids is 1. The number of amides is 1. The maximum atomic E-state index is 13.3. The standard InChI is InChI=1S/C28H24N2O6/c1-15-5-3-7-17(13-15)29-25(31)19-9-11-22(28(35)36)24-20(10-12-21(23(19)24)27(33)34)26(32)30-18-8-4-6-16(2)14-18/h3-14,25,29,31H,1-2H3,(H,30,32)(H,33,34)(H,35,36). The van der Waals surface area contributed by atoms with Gasteiger partial charge in [0.1, 0.15) is 0 Å². The molecule has 8 heteroatoms. The first kappa shape index (κ1) is 24.4. The first-order chi connectivity index (χ1) is 17.2. The van der Waals surface area contributed by atoms with Gasteiger partial charge in [-0.25, -0.2) is 9.59 Å². The van der Waals surface area contributed by atoms with Gasteiger partial charge in [-0.05, 0) is 67.4 Å². The van der Waals surface area contributed by atoms with E-state index in [0.717, 1.165) is 11.1 Å². The van der Waals surface area contributed by atoms with Crippen LogP contribution in [-0.4, -0.2) is 33.2 Å². The third-order valence-corrected chi connectivity index (χ3v) is 5.79. The Bertz CT molecular complexity index is 1510. The monoisotopic (exact) mass is 484 g/mol. The molecule has 0 spiro atoms. The van der Waals surface area contributed by atoms with Crippen LogP contribution >= 0.6 is 0 Å². The predicted octanol–water partition coefficient (Wildman–Crippen LogP) is 5.21. The molecule has 1 amide bonds. The van der Waals surface area contributed by atoms with Crippen molar-refractivity contribution in [3.63, 3.8) is 0 Å². The van der Waals surface area contributed by atoms with E-state index in [2.05, 4.69) is 10.6 Å². The van der Waals surface area contributed by atoms with Crippen molar-refractivity contribution < 1.29 is 29.7 Å². The molecule has 0 saturated heterocycles. The van der Waals surface area contributed by atoms with Crippen LogP contribution in [0.5, 0.6) is 0 Å². The van der Waals surface area contributed by atoms with Gasteiger partial charge in [0.15, 0.2) is 6.23 Å². The van der Waals surface area contributed by atoms with Crippen LogP contribution in [0.25, 0.3) is 10.8 Å². The van der Waals surface area contributed by atoms with Crippen molar-refractivity contribution in [2.24, 2.45) is 0 Å². The lowest BCUT2D eigenvalue weighted by molar-refractivity contribution is 0.0686. The summed E-state index contributed by atoms with van der Waals surface area (Å²) in [5.41, 5.74) is 2.55. The Balaban J connectivity index is 1.91. The average molecular weight is 485 g/mol. The lowest BCUT2D eigenvalue weighted by Crippen LogP contribution is -2.17. The summed E-state index contributed by atoms with van der Waals surface area (Å²) < 4.78 is 0. The SMILES string of the molecule is Cc1cccc(NC(=O)c2ccc(C(=O)O)c3c(C(O)Nc4cccc(C)c4)ccc(C(=O)O)c23)c1. The number of hydrogen-bond acceptors (Lipinski definition) is 5. The Labute approximate surface area is 206 Å². The number of aromatic carboxylic acids is 2. The van der Waals surface area contributed by atoms with Crippen LogP contribution in [0.4, 0.5) is 11.4 Å². The lowest BCUT2D eigenvalue weighted by Gasteiger charge is -2.20. The number of fused-ring (bicyclic) bond motifs is 1. The second-order valence-electron chi connectivity index (χ2n) is 8.46. The molecule has 36 heavy (non-hydrogen) atoms. The summed E-state index contributed by atoms with van der Waals surface area (Å²) in [5.74, 6) is -3.26. The van der Waals surface area contributed by atoms with E-state index >= 15 is 0 Å². The number of hydrogen-bond donors (Lipinski definition) is 5. The first-order valence-corrected chi connectivity index (χ1v) is 11.1.